The van der Waals surface area contributed by atoms with Gasteiger partial charge >= 0.3 is 0 Å². The number of rotatable bonds is 2. The van der Waals surface area contributed by atoms with Crippen LogP contribution in [0.5, 0.6) is 0 Å². The Labute approximate surface area is 117 Å². The van der Waals surface area contributed by atoms with Gasteiger partial charge in [0.1, 0.15) is 5.82 Å². The minimum absolute atomic E-state index is 0.0311. The van der Waals surface area contributed by atoms with Gasteiger partial charge in [0.2, 0.25) is 0 Å². The van der Waals surface area contributed by atoms with E-state index in [0.717, 1.165) is 11.1 Å². The number of carbonyl (C=O) groups excluding carboxylic acids is 1. The van der Waals surface area contributed by atoms with Crippen molar-refractivity contribution in [3.63, 3.8) is 0 Å². The monoisotopic (exact) mass is 272 g/mol. The van der Waals surface area contributed by atoms with Gasteiger partial charge in [-0.15, -0.1) is 0 Å². The van der Waals surface area contributed by atoms with Crippen LogP contribution in [0.15, 0.2) is 30.3 Å². The summed E-state index contributed by atoms with van der Waals surface area (Å²) in [5.41, 5.74) is 9.33. The smallest absolute Gasteiger partial charge is 0.258 e. The van der Waals surface area contributed by atoms with Crippen molar-refractivity contribution in [3.8, 4) is 0 Å². The van der Waals surface area contributed by atoms with E-state index in [1.807, 2.05) is 19.9 Å². The molecule has 0 aromatic heterocycles. The number of hydrogen-bond acceptors (Lipinski definition) is 2. The molecule has 0 atom stereocenters. The predicted octanol–water partition coefficient (Wildman–Crippen LogP) is 3.59. The minimum atomic E-state index is -0.497. The highest BCUT2D eigenvalue weighted by Gasteiger charge is 2.14. The van der Waals surface area contributed by atoms with Crippen LogP contribution in [-0.2, 0) is 0 Å². The Morgan fingerprint density at radius 3 is 2.50 bits per heavy atom. The summed E-state index contributed by atoms with van der Waals surface area (Å²) < 4.78 is 13.9. The molecule has 3 nitrogen and oxygen atoms in total. The third-order valence-corrected chi connectivity index (χ3v) is 3.30. The second-order valence-electron chi connectivity index (χ2n) is 4.91. The third-order valence-electron chi connectivity index (χ3n) is 3.30. The molecule has 2 aromatic carbocycles. The van der Waals surface area contributed by atoms with Crippen molar-refractivity contribution in [1.29, 1.82) is 0 Å². The van der Waals surface area contributed by atoms with Crippen molar-refractivity contribution in [1.82, 2.24) is 0 Å². The molecule has 0 unspecified atom stereocenters. The number of aryl methyl sites for hydroxylation is 3. The fraction of sp³-hybridized carbons (Fsp3) is 0.188. The van der Waals surface area contributed by atoms with Crippen molar-refractivity contribution < 1.29 is 9.18 Å². The van der Waals surface area contributed by atoms with Gasteiger partial charge in [0, 0.05) is 11.4 Å². The second-order valence-corrected chi connectivity index (χ2v) is 4.91. The molecule has 104 valence electrons. The van der Waals surface area contributed by atoms with E-state index in [1.165, 1.54) is 6.07 Å². The van der Waals surface area contributed by atoms with Crippen LogP contribution in [0.1, 0.15) is 27.0 Å². The van der Waals surface area contributed by atoms with E-state index < -0.39 is 11.7 Å². The Morgan fingerprint density at radius 2 is 1.80 bits per heavy atom. The van der Waals surface area contributed by atoms with Crippen molar-refractivity contribution in [2.45, 2.75) is 20.8 Å². The maximum atomic E-state index is 13.9. The van der Waals surface area contributed by atoms with E-state index in [9.17, 15) is 9.18 Å². The highest BCUT2D eigenvalue weighted by atomic mass is 19.1. The largest absolute Gasteiger partial charge is 0.398 e. The zero-order valence-electron chi connectivity index (χ0n) is 11.8. The zero-order chi connectivity index (χ0) is 14.9. The summed E-state index contributed by atoms with van der Waals surface area (Å²) in [6.45, 7) is 5.39. The standard InChI is InChI=1S/C16H17FN2O/c1-9-5-4-6-12(15(9)17)16(20)19-14-8-13(18)10(2)7-11(14)3/h4-8H,18H2,1-3H3,(H,19,20). The van der Waals surface area contributed by atoms with Gasteiger partial charge < -0.3 is 11.1 Å². The van der Waals surface area contributed by atoms with Gasteiger partial charge in [0.15, 0.2) is 0 Å². The Balaban J connectivity index is 2.33. The van der Waals surface area contributed by atoms with Crippen molar-refractivity contribution in [3.05, 3.63) is 58.4 Å². The van der Waals surface area contributed by atoms with Gasteiger partial charge in [-0.1, -0.05) is 18.2 Å². The Kier molecular flexibility index (Phi) is 3.74. The van der Waals surface area contributed by atoms with Crippen LogP contribution in [0, 0.1) is 26.6 Å². The first-order chi connectivity index (χ1) is 9.40. The molecule has 0 aliphatic rings. The van der Waals surface area contributed by atoms with E-state index >= 15 is 0 Å². The van der Waals surface area contributed by atoms with Crippen LogP contribution in [0.4, 0.5) is 15.8 Å². The van der Waals surface area contributed by atoms with E-state index in [1.54, 1.807) is 25.1 Å². The van der Waals surface area contributed by atoms with E-state index in [-0.39, 0.29) is 5.56 Å². The normalized spacial score (nSPS) is 10.4. The molecular weight excluding hydrogens is 255 g/mol. The number of hydrogen-bond donors (Lipinski definition) is 2. The summed E-state index contributed by atoms with van der Waals surface area (Å²) in [7, 11) is 0. The lowest BCUT2D eigenvalue weighted by atomic mass is 10.1. The number of nitrogens with two attached hydrogens (primary N) is 1. The molecule has 0 saturated heterocycles. The number of benzene rings is 2. The summed E-state index contributed by atoms with van der Waals surface area (Å²) in [6, 6.07) is 8.32. The first-order valence-electron chi connectivity index (χ1n) is 6.33. The topological polar surface area (TPSA) is 55.1 Å². The first-order valence-corrected chi connectivity index (χ1v) is 6.33. The molecule has 0 saturated carbocycles. The Bertz CT molecular complexity index is 680. The number of halogens is 1. The third kappa shape index (κ3) is 2.64. The first kappa shape index (κ1) is 14.1. The molecule has 3 N–H and O–H groups in total. The summed E-state index contributed by atoms with van der Waals surface area (Å²) in [6.07, 6.45) is 0. The second kappa shape index (κ2) is 5.33. The van der Waals surface area contributed by atoms with Crippen LogP contribution in [0.3, 0.4) is 0 Å². The maximum absolute atomic E-state index is 13.9. The molecule has 0 aliphatic heterocycles. The molecule has 0 radical (unpaired) electrons. The van der Waals surface area contributed by atoms with Crippen LogP contribution >= 0.6 is 0 Å². The van der Waals surface area contributed by atoms with Crippen LogP contribution in [-0.4, -0.2) is 5.91 Å². The summed E-state index contributed by atoms with van der Waals surface area (Å²) in [4.78, 5) is 12.1. The fourth-order valence-corrected chi connectivity index (χ4v) is 2.02. The molecule has 2 rings (SSSR count). The number of anilines is 2. The quantitative estimate of drug-likeness (QED) is 0.821. The van der Waals surface area contributed by atoms with Crippen LogP contribution in [0.25, 0.3) is 0 Å². The molecule has 0 bridgehead atoms. The Morgan fingerprint density at radius 1 is 1.10 bits per heavy atom. The van der Waals surface area contributed by atoms with Crippen molar-refractivity contribution in [2.24, 2.45) is 0 Å². The van der Waals surface area contributed by atoms with Gasteiger partial charge in [-0.25, -0.2) is 4.39 Å². The predicted molar refractivity (Wildman–Crippen MR) is 79.4 cm³/mol. The van der Waals surface area contributed by atoms with E-state index in [0.29, 0.717) is 16.9 Å². The minimum Gasteiger partial charge on any atom is -0.398 e. The Hall–Kier alpha value is -2.36. The SMILES string of the molecule is Cc1cc(C)c(NC(=O)c2cccc(C)c2F)cc1N. The highest BCUT2D eigenvalue weighted by molar-refractivity contribution is 6.05. The summed E-state index contributed by atoms with van der Waals surface area (Å²) in [5.74, 6) is -0.972. The van der Waals surface area contributed by atoms with Gasteiger partial charge in [0.25, 0.3) is 5.91 Å². The molecule has 2 aromatic rings. The molecule has 4 heteroatoms. The lowest BCUT2D eigenvalue weighted by Gasteiger charge is -2.12. The van der Waals surface area contributed by atoms with Crippen LogP contribution < -0.4 is 11.1 Å². The average Bonchev–Trinajstić information content (AvgIpc) is 2.39. The van der Waals surface area contributed by atoms with Crippen LogP contribution in [0.2, 0.25) is 0 Å². The van der Waals surface area contributed by atoms with Gasteiger partial charge in [-0.05, 0) is 49.6 Å². The number of amides is 1. The van der Waals surface area contributed by atoms with E-state index in [4.69, 9.17) is 5.73 Å². The van der Waals surface area contributed by atoms with Gasteiger partial charge in [0.05, 0.1) is 5.56 Å². The molecule has 0 fully saturated rings. The maximum Gasteiger partial charge on any atom is 0.258 e. The number of nitrogens with one attached hydrogen (secondary N) is 1. The molecule has 20 heavy (non-hydrogen) atoms. The van der Waals surface area contributed by atoms with E-state index in [2.05, 4.69) is 5.32 Å². The zero-order valence-corrected chi connectivity index (χ0v) is 11.8. The molecule has 0 spiro atoms. The van der Waals surface area contributed by atoms with Gasteiger partial charge in [-0.3, -0.25) is 4.79 Å². The average molecular weight is 272 g/mol. The lowest BCUT2D eigenvalue weighted by Crippen LogP contribution is -2.15. The molecule has 1 amide bonds. The van der Waals surface area contributed by atoms with Crippen molar-refractivity contribution >= 4 is 17.3 Å². The highest BCUT2D eigenvalue weighted by Crippen LogP contribution is 2.23. The molecule has 0 aliphatic carbocycles. The summed E-state index contributed by atoms with van der Waals surface area (Å²) in [5, 5.41) is 2.70. The fourth-order valence-electron chi connectivity index (χ4n) is 2.02. The number of carbonyl (C=O) groups is 1. The van der Waals surface area contributed by atoms with Crippen molar-refractivity contribution in [2.75, 3.05) is 11.1 Å². The molecule has 0 heterocycles. The van der Waals surface area contributed by atoms with Gasteiger partial charge in [-0.2, -0.15) is 0 Å². The summed E-state index contributed by atoms with van der Waals surface area (Å²) >= 11 is 0. The molecular formula is C16H17FN2O. The lowest BCUT2D eigenvalue weighted by molar-refractivity contribution is 0.102. The number of nitrogen functional groups attached to an aromatic ring is 1.